The average molecular weight is 277 g/mol. The Bertz CT molecular complexity index is 725. The maximum atomic E-state index is 12.3. The van der Waals surface area contributed by atoms with E-state index in [9.17, 15) is 10.1 Å². The standard InChI is InChI=1S/C18H15NO2/c1-13-8-9-14(11-17(13)21-2)10-16(12-19)18(20)15-6-4-3-5-7-15/h3-11H,1-2H3/b16-10+. The van der Waals surface area contributed by atoms with Crippen LogP contribution in [-0.2, 0) is 0 Å². The highest BCUT2D eigenvalue weighted by Crippen LogP contribution is 2.21. The molecule has 0 atom stereocenters. The lowest BCUT2D eigenvalue weighted by Gasteiger charge is -2.05. The monoisotopic (exact) mass is 277 g/mol. The Morgan fingerprint density at radius 2 is 1.90 bits per heavy atom. The molecular formula is C18H15NO2. The first-order valence-electron chi connectivity index (χ1n) is 6.52. The van der Waals surface area contributed by atoms with Crippen molar-refractivity contribution in [2.24, 2.45) is 0 Å². The van der Waals surface area contributed by atoms with Crippen LogP contribution in [0, 0.1) is 18.3 Å². The minimum Gasteiger partial charge on any atom is -0.496 e. The van der Waals surface area contributed by atoms with Crippen molar-refractivity contribution in [1.29, 1.82) is 5.26 Å². The number of hydrogen-bond acceptors (Lipinski definition) is 3. The molecule has 0 bridgehead atoms. The van der Waals surface area contributed by atoms with Gasteiger partial charge in [0.2, 0.25) is 5.78 Å². The Labute approximate surface area is 124 Å². The van der Waals surface area contributed by atoms with Gasteiger partial charge >= 0.3 is 0 Å². The van der Waals surface area contributed by atoms with E-state index in [1.165, 1.54) is 0 Å². The summed E-state index contributed by atoms with van der Waals surface area (Å²) in [4.78, 5) is 12.3. The number of hydrogen-bond donors (Lipinski definition) is 0. The van der Waals surface area contributed by atoms with E-state index < -0.39 is 0 Å². The molecule has 0 heterocycles. The number of methoxy groups -OCH3 is 1. The van der Waals surface area contributed by atoms with Gasteiger partial charge in [-0.25, -0.2) is 0 Å². The van der Waals surface area contributed by atoms with E-state index in [-0.39, 0.29) is 11.4 Å². The van der Waals surface area contributed by atoms with Crippen molar-refractivity contribution in [3.05, 3.63) is 70.8 Å². The zero-order valence-electron chi connectivity index (χ0n) is 12.0. The summed E-state index contributed by atoms with van der Waals surface area (Å²) in [6, 6.07) is 16.3. The number of benzene rings is 2. The van der Waals surface area contributed by atoms with Crippen molar-refractivity contribution < 1.29 is 9.53 Å². The molecule has 0 fully saturated rings. The van der Waals surface area contributed by atoms with E-state index in [1.807, 2.05) is 37.3 Å². The van der Waals surface area contributed by atoms with Crippen molar-refractivity contribution in [1.82, 2.24) is 0 Å². The second kappa shape index (κ2) is 6.53. The van der Waals surface area contributed by atoms with Gasteiger partial charge in [0.05, 0.1) is 7.11 Å². The van der Waals surface area contributed by atoms with Crippen LogP contribution in [0.15, 0.2) is 54.1 Å². The molecule has 2 rings (SSSR count). The Kier molecular flexibility index (Phi) is 4.53. The van der Waals surface area contributed by atoms with E-state index in [2.05, 4.69) is 0 Å². The van der Waals surface area contributed by atoms with Crippen molar-refractivity contribution >= 4 is 11.9 Å². The first-order chi connectivity index (χ1) is 10.2. The molecule has 0 aliphatic heterocycles. The predicted octanol–water partition coefficient (Wildman–Crippen LogP) is 3.79. The molecule has 104 valence electrons. The average Bonchev–Trinajstić information content (AvgIpc) is 2.54. The van der Waals surface area contributed by atoms with Crippen LogP contribution < -0.4 is 4.74 Å². The van der Waals surface area contributed by atoms with Crippen LogP contribution in [0.4, 0.5) is 0 Å². The molecule has 0 spiro atoms. The number of aryl methyl sites for hydroxylation is 1. The lowest BCUT2D eigenvalue weighted by atomic mass is 10.0. The number of allylic oxidation sites excluding steroid dienone is 1. The van der Waals surface area contributed by atoms with Crippen LogP contribution in [0.3, 0.4) is 0 Å². The SMILES string of the molecule is COc1cc(/C=C(\C#N)C(=O)c2ccccc2)ccc1C. The Morgan fingerprint density at radius 3 is 2.52 bits per heavy atom. The number of carbonyl (C=O) groups excluding carboxylic acids is 1. The minimum absolute atomic E-state index is 0.104. The van der Waals surface area contributed by atoms with Crippen LogP contribution in [0.25, 0.3) is 6.08 Å². The summed E-state index contributed by atoms with van der Waals surface area (Å²) in [7, 11) is 1.59. The topological polar surface area (TPSA) is 50.1 Å². The second-order valence-corrected chi connectivity index (χ2v) is 4.59. The van der Waals surface area contributed by atoms with E-state index in [1.54, 1.807) is 37.5 Å². The van der Waals surface area contributed by atoms with Crippen LogP contribution >= 0.6 is 0 Å². The van der Waals surface area contributed by atoms with Crippen molar-refractivity contribution in [2.75, 3.05) is 7.11 Å². The molecule has 3 nitrogen and oxygen atoms in total. The van der Waals surface area contributed by atoms with Crippen molar-refractivity contribution in [2.45, 2.75) is 6.92 Å². The van der Waals surface area contributed by atoms with Crippen LogP contribution in [0.2, 0.25) is 0 Å². The van der Waals surface area contributed by atoms with E-state index >= 15 is 0 Å². The summed E-state index contributed by atoms with van der Waals surface area (Å²) in [6.07, 6.45) is 1.58. The fourth-order valence-electron chi connectivity index (χ4n) is 1.99. The van der Waals surface area contributed by atoms with Gasteiger partial charge in [0.15, 0.2) is 0 Å². The Balaban J connectivity index is 2.38. The number of ketones is 1. The van der Waals surface area contributed by atoms with Crippen LogP contribution in [-0.4, -0.2) is 12.9 Å². The minimum atomic E-state index is -0.280. The summed E-state index contributed by atoms with van der Waals surface area (Å²) in [6.45, 7) is 1.94. The van der Waals surface area contributed by atoms with Gasteiger partial charge in [-0.15, -0.1) is 0 Å². The number of nitrogens with zero attached hydrogens (tertiary/aromatic N) is 1. The number of rotatable bonds is 4. The third kappa shape index (κ3) is 3.37. The molecule has 0 aromatic heterocycles. The molecule has 2 aromatic rings. The molecule has 0 aliphatic carbocycles. The Morgan fingerprint density at radius 1 is 1.19 bits per heavy atom. The molecule has 0 N–H and O–H groups in total. The maximum Gasteiger partial charge on any atom is 0.203 e. The quantitative estimate of drug-likeness (QED) is 0.485. The molecule has 0 saturated heterocycles. The van der Waals surface area contributed by atoms with Gasteiger partial charge in [-0.1, -0.05) is 42.5 Å². The molecule has 2 aromatic carbocycles. The van der Waals surface area contributed by atoms with Gasteiger partial charge in [-0.05, 0) is 30.2 Å². The fraction of sp³-hybridized carbons (Fsp3) is 0.111. The van der Waals surface area contributed by atoms with Gasteiger partial charge < -0.3 is 4.74 Å². The molecule has 0 aliphatic rings. The van der Waals surface area contributed by atoms with E-state index in [0.717, 1.165) is 16.9 Å². The largest absolute Gasteiger partial charge is 0.496 e. The zero-order valence-corrected chi connectivity index (χ0v) is 12.0. The van der Waals surface area contributed by atoms with E-state index in [0.29, 0.717) is 5.56 Å². The van der Waals surface area contributed by atoms with Gasteiger partial charge in [0, 0.05) is 5.56 Å². The fourth-order valence-corrected chi connectivity index (χ4v) is 1.99. The number of ether oxygens (including phenoxy) is 1. The lowest BCUT2D eigenvalue weighted by Crippen LogP contribution is -2.01. The molecule has 3 heteroatoms. The van der Waals surface area contributed by atoms with Gasteiger partial charge in [-0.3, -0.25) is 4.79 Å². The van der Waals surface area contributed by atoms with Gasteiger partial charge in [0.1, 0.15) is 17.4 Å². The highest BCUT2D eigenvalue weighted by molar-refractivity contribution is 6.14. The smallest absolute Gasteiger partial charge is 0.203 e. The van der Waals surface area contributed by atoms with Crippen molar-refractivity contribution in [3.63, 3.8) is 0 Å². The normalized spacial score (nSPS) is 10.8. The highest BCUT2D eigenvalue weighted by atomic mass is 16.5. The lowest BCUT2D eigenvalue weighted by molar-refractivity contribution is 0.104. The molecule has 0 amide bonds. The van der Waals surface area contributed by atoms with Crippen LogP contribution in [0.5, 0.6) is 5.75 Å². The first kappa shape index (κ1) is 14.5. The molecule has 0 radical (unpaired) electrons. The number of carbonyl (C=O) groups is 1. The second-order valence-electron chi connectivity index (χ2n) is 4.59. The molecular weight excluding hydrogens is 262 g/mol. The molecule has 0 unspecified atom stereocenters. The third-order valence-corrected chi connectivity index (χ3v) is 3.14. The predicted molar refractivity (Wildman–Crippen MR) is 82.1 cm³/mol. The Hall–Kier alpha value is -2.86. The number of nitriles is 1. The zero-order chi connectivity index (χ0) is 15.2. The third-order valence-electron chi connectivity index (χ3n) is 3.14. The van der Waals surface area contributed by atoms with Crippen molar-refractivity contribution in [3.8, 4) is 11.8 Å². The summed E-state index contributed by atoms with van der Waals surface area (Å²) in [5.41, 5.74) is 2.37. The number of Topliss-reactive ketones (excluding diaryl/α,β-unsaturated/α-hetero) is 1. The van der Waals surface area contributed by atoms with E-state index in [4.69, 9.17) is 4.74 Å². The maximum absolute atomic E-state index is 12.3. The molecule has 0 saturated carbocycles. The van der Waals surface area contributed by atoms with Crippen LogP contribution in [0.1, 0.15) is 21.5 Å². The molecule has 21 heavy (non-hydrogen) atoms. The summed E-state index contributed by atoms with van der Waals surface area (Å²) < 4.78 is 5.25. The highest BCUT2D eigenvalue weighted by Gasteiger charge is 2.11. The van der Waals surface area contributed by atoms with Gasteiger partial charge in [-0.2, -0.15) is 5.26 Å². The summed E-state index contributed by atoms with van der Waals surface area (Å²) >= 11 is 0. The summed E-state index contributed by atoms with van der Waals surface area (Å²) in [5, 5.41) is 9.23. The van der Waals surface area contributed by atoms with Gasteiger partial charge in [0.25, 0.3) is 0 Å². The summed E-state index contributed by atoms with van der Waals surface area (Å²) in [5.74, 6) is 0.450. The first-order valence-corrected chi connectivity index (χ1v) is 6.52.